The highest BCUT2D eigenvalue weighted by Gasteiger charge is 2.25. The molecular formula is C21H18O. The van der Waals surface area contributed by atoms with Gasteiger partial charge in [0.1, 0.15) is 0 Å². The average Bonchev–Trinajstić information content (AvgIpc) is 2.51. The van der Waals surface area contributed by atoms with E-state index in [2.05, 4.69) is 48.5 Å². The van der Waals surface area contributed by atoms with Crippen LogP contribution in [0, 0.1) is 5.41 Å². The zero-order valence-electron chi connectivity index (χ0n) is 13.1. The van der Waals surface area contributed by atoms with Gasteiger partial charge in [-0.2, -0.15) is 0 Å². The summed E-state index contributed by atoms with van der Waals surface area (Å²) in [7, 11) is 0. The van der Waals surface area contributed by atoms with Crippen molar-refractivity contribution in [2.45, 2.75) is 20.8 Å². The lowest BCUT2D eigenvalue weighted by Gasteiger charge is -2.19. The fourth-order valence-electron chi connectivity index (χ4n) is 3.34. The predicted octanol–water partition coefficient (Wildman–Crippen LogP) is 5.81. The van der Waals surface area contributed by atoms with Gasteiger partial charge in [-0.25, -0.2) is 0 Å². The number of benzene rings is 4. The highest BCUT2D eigenvalue weighted by molar-refractivity contribution is 6.26. The first-order valence-electron chi connectivity index (χ1n) is 7.68. The molecule has 0 N–H and O–H groups in total. The first-order valence-corrected chi connectivity index (χ1v) is 7.68. The molecule has 4 aromatic carbocycles. The van der Waals surface area contributed by atoms with Gasteiger partial charge in [0.2, 0.25) is 0 Å². The summed E-state index contributed by atoms with van der Waals surface area (Å²) < 4.78 is 0. The second-order valence-electron chi connectivity index (χ2n) is 7.05. The molecule has 1 nitrogen and oxygen atoms in total. The number of hydrogen-bond acceptors (Lipinski definition) is 1. The molecule has 1 heteroatoms. The van der Waals surface area contributed by atoms with Crippen LogP contribution in [-0.2, 0) is 0 Å². The molecule has 0 aliphatic rings. The minimum Gasteiger partial charge on any atom is -0.294 e. The van der Waals surface area contributed by atoms with E-state index in [4.69, 9.17) is 0 Å². The van der Waals surface area contributed by atoms with E-state index in [-0.39, 0.29) is 11.2 Å². The molecule has 0 aliphatic carbocycles. The second kappa shape index (κ2) is 4.30. The van der Waals surface area contributed by atoms with E-state index in [1.807, 2.05) is 26.8 Å². The molecule has 0 amide bonds. The van der Waals surface area contributed by atoms with Gasteiger partial charge >= 0.3 is 0 Å². The Morgan fingerprint density at radius 2 is 1.27 bits per heavy atom. The highest BCUT2D eigenvalue weighted by Crippen LogP contribution is 2.37. The Balaban J connectivity index is 2.20. The van der Waals surface area contributed by atoms with Gasteiger partial charge < -0.3 is 0 Å². The van der Waals surface area contributed by atoms with Gasteiger partial charge in [0.05, 0.1) is 0 Å². The summed E-state index contributed by atoms with van der Waals surface area (Å²) in [6.07, 6.45) is 0. The van der Waals surface area contributed by atoms with Crippen molar-refractivity contribution in [1.29, 1.82) is 0 Å². The van der Waals surface area contributed by atoms with Gasteiger partial charge in [0, 0.05) is 11.0 Å². The van der Waals surface area contributed by atoms with E-state index in [0.717, 1.165) is 10.9 Å². The third kappa shape index (κ3) is 1.75. The predicted molar refractivity (Wildman–Crippen MR) is 93.9 cm³/mol. The molecule has 0 saturated heterocycles. The maximum atomic E-state index is 12.8. The minimum absolute atomic E-state index is 0.199. The van der Waals surface area contributed by atoms with Crippen LogP contribution in [0.3, 0.4) is 0 Å². The summed E-state index contributed by atoms with van der Waals surface area (Å²) in [5.41, 5.74) is 0.460. The van der Waals surface area contributed by atoms with E-state index in [9.17, 15) is 4.79 Å². The zero-order chi connectivity index (χ0) is 15.5. The lowest BCUT2D eigenvalue weighted by Crippen LogP contribution is -2.20. The minimum atomic E-state index is -0.372. The van der Waals surface area contributed by atoms with Gasteiger partial charge in [-0.15, -0.1) is 0 Å². The standard InChI is InChI=1S/C21H18O/c1-21(2,3)20(22)17-12-10-15-8-7-13-5-4-6-14-9-11-16(17)19(15)18(13)14/h4-12H,1-3H3. The SMILES string of the molecule is CC(C)(C)C(=O)c1ccc2ccc3cccc4ccc1c2c34. The fourth-order valence-corrected chi connectivity index (χ4v) is 3.34. The summed E-state index contributed by atoms with van der Waals surface area (Å²) in [5.74, 6) is 0.199. The van der Waals surface area contributed by atoms with Crippen LogP contribution in [0.5, 0.6) is 0 Å². The molecule has 4 rings (SSSR count). The number of Topliss-reactive ketones (excluding diaryl/α,β-unsaturated/α-hetero) is 1. The molecule has 4 aromatic rings. The number of carbonyl (C=O) groups is 1. The molecule has 0 fully saturated rings. The lowest BCUT2D eigenvalue weighted by atomic mass is 9.83. The lowest BCUT2D eigenvalue weighted by molar-refractivity contribution is 0.0860. The van der Waals surface area contributed by atoms with E-state index >= 15 is 0 Å². The highest BCUT2D eigenvalue weighted by atomic mass is 16.1. The zero-order valence-corrected chi connectivity index (χ0v) is 13.1. The molecular weight excluding hydrogens is 268 g/mol. The topological polar surface area (TPSA) is 17.1 Å². The largest absolute Gasteiger partial charge is 0.294 e. The molecule has 0 bridgehead atoms. The molecule has 0 atom stereocenters. The first-order chi connectivity index (χ1) is 10.5. The number of rotatable bonds is 1. The Bertz CT molecular complexity index is 1000. The molecule has 0 heterocycles. The van der Waals surface area contributed by atoms with Crippen molar-refractivity contribution in [2.75, 3.05) is 0 Å². The van der Waals surface area contributed by atoms with Gasteiger partial charge in [0.15, 0.2) is 5.78 Å². The number of carbonyl (C=O) groups excluding carboxylic acids is 1. The van der Waals surface area contributed by atoms with Crippen LogP contribution >= 0.6 is 0 Å². The molecule has 0 saturated carbocycles. The van der Waals surface area contributed by atoms with Crippen LogP contribution in [0.2, 0.25) is 0 Å². The van der Waals surface area contributed by atoms with Crippen molar-refractivity contribution in [3.05, 3.63) is 60.2 Å². The Labute approximate surface area is 129 Å². The number of ketones is 1. The van der Waals surface area contributed by atoms with E-state index in [1.165, 1.54) is 26.9 Å². The van der Waals surface area contributed by atoms with Gasteiger partial charge in [0.25, 0.3) is 0 Å². The maximum Gasteiger partial charge on any atom is 0.168 e. The summed E-state index contributed by atoms with van der Waals surface area (Å²) in [4.78, 5) is 12.8. The Kier molecular flexibility index (Phi) is 2.59. The summed E-state index contributed by atoms with van der Waals surface area (Å²) in [6, 6.07) is 19.0. The second-order valence-corrected chi connectivity index (χ2v) is 7.05. The average molecular weight is 286 g/mol. The van der Waals surface area contributed by atoms with Gasteiger partial charge in [-0.1, -0.05) is 75.4 Å². The van der Waals surface area contributed by atoms with Crippen molar-refractivity contribution in [1.82, 2.24) is 0 Å². The normalized spacial score (nSPS) is 12.5. The van der Waals surface area contributed by atoms with Crippen molar-refractivity contribution >= 4 is 38.1 Å². The fraction of sp³-hybridized carbons (Fsp3) is 0.190. The molecule has 0 aromatic heterocycles. The maximum absolute atomic E-state index is 12.8. The van der Waals surface area contributed by atoms with Gasteiger partial charge in [-0.05, 0) is 32.3 Å². The Morgan fingerprint density at radius 1 is 0.727 bits per heavy atom. The Hall–Kier alpha value is -2.41. The molecule has 22 heavy (non-hydrogen) atoms. The van der Waals surface area contributed by atoms with Crippen molar-refractivity contribution < 1.29 is 4.79 Å². The van der Waals surface area contributed by atoms with Crippen molar-refractivity contribution in [3.63, 3.8) is 0 Å². The van der Waals surface area contributed by atoms with Gasteiger partial charge in [-0.3, -0.25) is 4.79 Å². The van der Waals surface area contributed by atoms with Crippen molar-refractivity contribution in [3.8, 4) is 0 Å². The van der Waals surface area contributed by atoms with Crippen LogP contribution in [0.4, 0.5) is 0 Å². The van der Waals surface area contributed by atoms with Crippen LogP contribution in [-0.4, -0.2) is 5.78 Å². The molecule has 0 radical (unpaired) electrons. The first kappa shape index (κ1) is 13.3. The van der Waals surface area contributed by atoms with E-state index in [0.29, 0.717) is 0 Å². The van der Waals surface area contributed by atoms with Crippen molar-refractivity contribution in [2.24, 2.45) is 5.41 Å². The molecule has 108 valence electrons. The van der Waals surface area contributed by atoms with Crippen LogP contribution in [0.1, 0.15) is 31.1 Å². The van der Waals surface area contributed by atoms with Crippen LogP contribution in [0.25, 0.3) is 32.3 Å². The Morgan fingerprint density at radius 3 is 1.91 bits per heavy atom. The molecule has 0 unspecified atom stereocenters. The monoisotopic (exact) mass is 286 g/mol. The summed E-state index contributed by atoms with van der Waals surface area (Å²) in [5, 5.41) is 7.21. The third-order valence-electron chi connectivity index (χ3n) is 4.45. The van der Waals surface area contributed by atoms with E-state index < -0.39 is 0 Å². The molecule has 0 aliphatic heterocycles. The van der Waals surface area contributed by atoms with E-state index in [1.54, 1.807) is 0 Å². The smallest absolute Gasteiger partial charge is 0.168 e. The van der Waals surface area contributed by atoms with Crippen LogP contribution in [0.15, 0.2) is 54.6 Å². The molecule has 0 spiro atoms. The quantitative estimate of drug-likeness (QED) is 0.318. The summed E-state index contributed by atoms with van der Waals surface area (Å²) in [6.45, 7) is 5.94. The number of hydrogen-bond donors (Lipinski definition) is 0. The summed E-state index contributed by atoms with van der Waals surface area (Å²) >= 11 is 0. The third-order valence-corrected chi connectivity index (χ3v) is 4.45. The van der Waals surface area contributed by atoms with Crippen LogP contribution < -0.4 is 0 Å².